The second-order valence-electron chi connectivity index (χ2n) is 7.93. The van der Waals surface area contributed by atoms with Gasteiger partial charge in [-0.2, -0.15) is 0 Å². The highest BCUT2D eigenvalue weighted by Crippen LogP contribution is 2.35. The molecule has 7 nitrogen and oxygen atoms in total. The number of nitro benzene ring substituents is 1. The fraction of sp³-hybridized carbons (Fsp3) is 0.200. The number of hydrogen-bond donors (Lipinski definition) is 1. The normalized spacial score (nSPS) is 16.8. The fourth-order valence-electron chi connectivity index (χ4n) is 3.96. The number of amides is 2. The van der Waals surface area contributed by atoms with Crippen molar-refractivity contribution in [3.63, 3.8) is 0 Å². The molecule has 0 radical (unpaired) electrons. The SMILES string of the molecule is CC1CC(=O)N(c2ccc(NC(Cc3ccccc3)c3ccccc3)c([N+](=O)[O-])c2)C1=O. The predicted molar refractivity (Wildman–Crippen MR) is 122 cm³/mol. The highest BCUT2D eigenvalue weighted by molar-refractivity contribution is 6.21. The Morgan fingerprint density at radius 1 is 1.03 bits per heavy atom. The van der Waals surface area contributed by atoms with E-state index < -0.39 is 10.8 Å². The van der Waals surface area contributed by atoms with Gasteiger partial charge in [0.1, 0.15) is 5.69 Å². The van der Waals surface area contributed by atoms with E-state index in [4.69, 9.17) is 0 Å². The molecule has 3 aromatic rings. The van der Waals surface area contributed by atoms with E-state index in [0.717, 1.165) is 16.0 Å². The fourth-order valence-corrected chi connectivity index (χ4v) is 3.96. The first-order chi connectivity index (χ1) is 15.4. The zero-order valence-electron chi connectivity index (χ0n) is 17.6. The van der Waals surface area contributed by atoms with Crippen LogP contribution in [0.1, 0.15) is 30.5 Å². The van der Waals surface area contributed by atoms with Gasteiger partial charge in [0, 0.05) is 18.4 Å². The van der Waals surface area contributed by atoms with Gasteiger partial charge in [-0.25, -0.2) is 0 Å². The molecule has 0 saturated carbocycles. The minimum absolute atomic E-state index is 0.111. The predicted octanol–water partition coefficient (Wildman–Crippen LogP) is 4.89. The Morgan fingerprint density at radius 3 is 2.28 bits per heavy atom. The number of benzene rings is 3. The van der Waals surface area contributed by atoms with Gasteiger partial charge < -0.3 is 5.32 Å². The molecule has 1 aliphatic heterocycles. The molecule has 2 unspecified atom stereocenters. The molecule has 2 atom stereocenters. The number of carbonyl (C=O) groups excluding carboxylic acids is 2. The Morgan fingerprint density at radius 2 is 1.69 bits per heavy atom. The number of rotatable bonds is 7. The number of imide groups is 1. The first kappa shape index (κ1) is 21.2. The molecule has 4 rings (SSSR count). The molecule has 7 heteroatoms. The van der Waals surface area contributed by atoms with Gasteiger partial charge in [0.15, 0.2) is 0 Å². The number of anilines is 2. The highest BCUT2D eigenvalue weighted by atomic mass is 16.6. The lowest BCUT2D eigenvalue weighted by atomic mass is 9.98. The third kappa shape index (κ3) is 4.37. The number of hydrogen-bond acceptors (Lipinski definition) is 5. The summed E-state index contributed by atoms with van der Waals surface area (Å²) >= 11 is 0. The van der Waals surface area contributed by atoms with Crippen LogP contribution in [0.2, 0.25) is 0 Å². The quantitative estimate of drug-likeness (QED) is 0.328. The van der Waals surface area contributed by atoms with Crippen LogP contribution in [0.15, 0.2) is 78.9 Å². The molecule has 1 heterocycles. The van der Waals surface area contributed by atoms with Crippen molar-refractivity contribution in [3.05, 3.63) is 100 Å². The van der Waals surface area contributed by atoms with E-state index in [2.05, 4.69) is 5.32 Å². The van der Waals surface area contributed by atoms with Crippen molar-refractivity contribution in [3.8, 4) is 0 Å². The van der Waals surface area contributed by atoms with Crippen molar-refractivity contribution >= 4 is 28.9 Å². The van der Waals surface area contributed by atoms with Crippen LogP contribution in [0.3, 0.4) is 0 Å². The van der Waals surface area contributed by atoms with Crippen LogP contribution < -0.4 is 10.2 Å². The maximum Gasteiger partial charge on any atom is 0.294 e. The van der Waals surface area contributed by atoms with Crippen LogP contribution in [-0.4, -0.2) is 16.7 Å². The second kappa shape index (κ2) is 9.01. The van der Waals surface area contributed by atoms with Crippen molar-refractivity contribution in [2.75, 3.05) is 10.2 Å². The van der Waals surface area contributed by atoms with Gasteiger partial charge in [0.05, 0.1) is 16.7 Å². The van der Waals surface area contributed by atoms with Crippen LogP contribution in [0.25, 0.3) is 0 Å². The Bertz CT molecular complexity index is 1150. The first-order valence-electron chi connectivity index (χ1n) is 10.4. The van der Waals surface area contributed by atoms with Gasteiger partial charge >= 0.3 is 0 Å². The molecule has 1 fully saturated rings. The number of nitro groups is 1. The zero-order chi connectivity index (χ0) is 22.7. The topological polar surface area (TPSA) is 92.6 Å². The summed E-state index contributed by atoms with van der Waals surface area (Å²) in [5.74, 6) is -1.10. The van der Waals surface area contributed by atoms with E-state index in [1.54, 1.807) is 19.1 Å². The van der Waals surface area contributed by atoms with Crippen LogP contribution >= 0.6 is 0 Å². The van der Waals surface area contributed by atoms with Crippen molar-refractivity contribution in [1.82, 2.24) is 0 Å². The molecule has 0 aromatic heterocycles. The maximum absolute atomic E-state index is 12.4. The molecule has 2 amide bonds. The molecule has 32 heavy (non-hydrogen) atoms. The monoisotopic (exact) mass is 429 g/mol. The molecular formula is C25H23N3O4. The highest BCUT2D eigenvalue weighted by Gasteiger charge is 2.37. The molecule has 0 spiro atoms. The number of nitrogens with zero attached hydrogens (tertiary/aromatic N) is 2. The van der Waals surface area contributed by atoms with Gasteiger partial charge in [-0.15, -0.1) is 0 Å². The summed E-state index contributed by atoms with van der Waals surface area (Å²) in [5, 5.41) is 15.2. The summed E-state index contributed by atoms with van der Waals surface area (Å²) in [6, 6.07) is 23.8. The molecule has 0 aliphatic carbocycles. The van der Waals surface area contributed by atoms with Crippen molar-refractivity contribution in [1.29, 1.82) is 0 Å². The second-order valence-corrected chi connectivity index (χ2v) is 7.93. The van der Waals surface area contributed by atoms with Crippen LogP contribution in [0.4, 0.5) is 17.1 Å². The average molecular weight is 429 g/mol. The molecule has 3 aromatic carbocycles. The van der Waals surface area contributed by atoms with Gasteiger partial charge in [0.2, 0.25) is 11.8 Å². The lowest BCUT2D eigenvalue weighted by Crippen LogP contribution is -2.30. The van der Waals surface area contributed by atoms with Gasteiger partial charge in [-0.05, 0) is 29.7 Å². The largest absolute Gasteiger partial charge is 0.372 e. The van der Waals surface area contributed by atoms with E-state index in [9.17, 15) is 19.7 Å². The van der Waals surface area contributed by atoms with Crippen LogP contribution in [0, 0.1) is 16.0 Å². The van der Waals surface area contributed by atoms with E-state index in [1.165, 1.54) is 6.07 Å². The van der Waals surface area contributed by atoms with E-state index >= 15 is 0 Å². The Kier molecular flexibility index (Phi) is 5.98. The lowest BCUT2D eigenvalue weighted by molar-refractivity contribution is -0.383. The summed E-state index contributed by atoms with van der Waals surface area (Å²) in [6.07, 6.45) is 0.740. The molecule has 1 aliphatic rings. The molecule has 162 valence electrons. The van der Waals surface area contributed by atoms with Crippen molar-refractivity contribution in [2.24, 2.45) is 5.92 Å². The van der Waals surface area contributed by atoms with E-state index in [-0.39, 0.29) is 35.7 Å². The Hall–Kier alpha value is -4.00. The van der Waals surface area contributed by atoms with Gasteiger partial charge in [-0.1, -0.05) is 67.6 Å². The van der Waals surface area contributed by atoms with Crippen molar-refractivity contribution in [2.45, 2.75) is 25.8 Å². The van der Waals surface area contributed by atoms with E-state index in [1.807, 2.05) is 60.7 Å². The minimum Gasteiger partial charge on any atom is -0.372 e. The third-order valence-electron chi connectivity index (χ3n) is 5.62. The smallest absolute Gasteiger partial charge is 0.294 e. The maximum atomic E-state index is 12.4. The molecule has 1 N–H and O–H groups in total. The summed E-state index contributed by atoms with van der Waals surface area (Å²) < 4.78 is 0. The molecular weight excluding hydrogens is 406 g/mol. The standard InChI is InChI=1S/C25H23N3O4/c1-17-14-24(29)27(25(17)30)20-12-13-21(23(16-20)28(31)32)26-22(19-10-6-3-7-11-19)15-18-8-4-2-5-9-18/h2-13,16-17,22,26H,14-15H2,1H3. The average Bonchev–Trinajstić information content (AvgIpc) is 3.06. The Labute approximate surface area is 185 Å². The van der Waals surface area contributed by atoms with Gasteiger partial charge in [-0.3, -0.25) is 24.6 Å². The summed E-state index contributed by atoms with van der Waals surface area (Å²) in [4.78, 5) is 37.0. The van der Waals surface area contributed by atoms with Gasteiger partial charge in [0.25, 0.3) is 5.69 Å². The lowest BCUT2D eigenvalue weighted by Gasteiger charge is -2.22. The van der Waals surface area contributed by atoms with Crippen LogP contribution in [-0.2, 0) is 16.0 Å². The first-order valence-corrected chi connectivity index (χ1v) is 10.4. The number of nitrogens with one attached hydrogen (secondary N) is 1. The number of carbonyl (C=O) groups is 2. The Balaban J connectivity index is 1.68. The van der Waals surface area contributed by atoms with Crippen LogP contribution in [0.5, 0.6) is 0 Å². The minimum atomic E-state index is -0.495. The van der Waals surface area contributed by atoms with Crippen molar-refractivity contribution < 1.29 is 14.5 Å². The van der Waals surface area contributed by atoms with E-state index in [0.29, 0.717) is 12.1 Å². The third-order valence-corrected chi connectivity index (χ3v) is 5.62. The molecule has 1 saturated heterocycles. The zero-order valence-corrected chi connectivity index (χ0v) is 17.6. The summed E-state index contributed by atoms with van der Waals surface area (Å²) in [7, 11) is 0. The summed E-state index contributed by atoms with van der Waals surface area (Å²) in [6.45, 7) is 1.68. The summed E-state index contributed by atoms with van der Waals surface area (Å²) in [5.41, 5.74) is 2.46. The molecule has 0 bridgehead atoms.